The second-order valence-electron chi connectivity index (χ2n) is 7.11. The third-order valence-corrected chi connectivity index (χ3v) is 6.28. The summed E-state index contributed by atoms with van der Waals surface area (Å²) in [5, 5.41) is 12.9. The van der Waals surface area contributed by atoms with E-state index in [2.05, 4.69) is 10.0 Å². The van der Waals surface area contributed by atoms with Crippen LogP contribution < -0.4 is 14.8 Å². The van der Waals surface area contributed by atoms with Crippen LogP contribution in [0.25, 0.3) is 0 Å². The predicted octanol–water partition coefficient (Wildman–Crippen LogP) is 3.75. The molecule has 0 aromatic heterocycles. The average Bonchev–Trinajstić information content (AvgIpc) is 2.74. The number of benzene rings is 3. The molecule has 0 unspecified atom stereocenters. The summed E-state index contributed by atoms with van der Waals surface area (Å²) in [4.78, 5) is 12.8. The average molecular weight is 441 g/mol. The van der Waals surface area contributed by atoms with E-state index < -0.39 is 15.9 Å². The van der Waals surface area contributed by atoms with Crippen molar-refractivity contribution in [2.45, 2.75) is 25.3 Å². The molecule has 0 heterocycles. The molecule has 0 bridgehead atoms. The molecule has 8 heteroatoms. The Morgan fingerprint density at radius 2 is 1.77 bits per heavy atom. The zero-order valence-corrected chi connectivity index (χ0v) is 18.3. The molecule has 0 atom stereocenters. The molecule has 31 heavy (non-hydrogen) atoms. The maximum Gasteiger partial charge on any atom is 0.262 e. The van der Waals surface area contributed by atoms with Crippen LogP contribution in [-0.2, 0) is 16.6 Å². The Labute approximate surface area is 181 Å². The van der Waals surface area contributed by atoms with Crippen molar-refractivity contribution in [3.8, 4) is 11.5 Å². The van der Waals surface area contributed by atoms with E-state index in [0.717, 1.165) is 5.56 Å². The smallest absolute Gasteiger partial charge is 0.262 e. The van der Waals surface area contributed by atoms with Crippen molar-refractivity contribution < 1.29 is 23.1 Å². The van der Waals surface area contributed by atoms with Crippen molar-refractivity contribution in [3.05, 3.63) is 82.9 Å². The van der Waals surface area contributed by atoms with E-state index in [1.165, 1.54) is 13.2 Å². The van der Waals surface area contributed by atoms with Crippen LogP contribution in [-0.4, -0.2) is 26.5 Å². The number of phenols is 1. The molecule has 3 aromatic rings. The summed E-state index contributed by atoms with van der Waals surface area (Å²) in [7, 11) is -2.36. The van der Waals surface area contributed by atoms with Gasteiger partial charge in [0.15, 0.2) is 11.5 Å². The number of phenolic OH excluding ortho intramolecular Hbond substituents is 1. The zero-order chi connectivity index (χ0) is 22.6. The first kappa shape index (κ1) is 22.2. The lowest BCUT2D eigenvalue weighted by Crippen LogP contribution is -2.23. The van der Waals surface area contributed by atoms with Crippen LogP contribution in [0.15, 0.2) is 65.6 Å². The minimum atomic E-state index is -3.81. The van der Waals surface area contributed by atoms with E-state index in [-0.39, 0.29) is 28.4 Å². The Kier molecular flexibility index (Phi) is 6.50. The van der Waals surface area contributed by atoms with E-state index in [1.54, 1.807) is 55.5 Å². The summed E-state index contributed by atoms with van der Waals surface area (Å²) in [5.41, 5.74) is 2.52. The third kappa shape index (κ3) is 5.16. The number of para-hydroxylation sites is 1. The fourth-order valence-electron chi connectivity index (χ4n) is 3.08. The van der Waals surface area contributed by atoms with Crippen molar-refractivity contribution in [1.82, 2.24) is 5.32 Å². The second kappa shape index (κ2) is 9.09. The van der Waals surface area contributed by atoms with Gasteiger partial charge in [0.2, 0.25) is 0 Å². The number of rotatable bonds is 7. The third-order valence-electron chi connectivity index (χ3n) is 4.75. The van der Waals surface area contributed by atoms with Crippen LogP contribution >= 0.6 is 0 Å². The Morgan fingerprint density at radius 3 is 2.52 bits per heavy atom. The molecule has 0 aliphatic rings. The molecule has 162 valence electrons. The zero-order valence-electron chi connectivity index (χ0n) is 17.5. The van der Waals surface area contributed by atoms with Gasteiger partial charge in [0.05, 0.1) is 12.0 Å². The number of carbonyl (C=O) groups excluding carboxylic acids is 1. The van der Waals surface area contributed by atoms with Gasteiger partial charge in [-0.3, -0.25) is 9.52 Å². The van der Waals surface area contributed by atoms with E-state index in [0.29, 0.717) is 16.9 Å². The molecule has 0 spiro atoms. The molecule has 7 nitrogen and oxygen atoms in total. The molecule has 0 radical (unpaired) electrons. The summed E-state index contributed by atoms with van der Waals surface area (Å²) in [6.45, 7) is 3.63. The van der Waals surface area contributed by atoms with Crippen molar-refractivity contribution in [2.24, 2.45) is 0 Å². The fraction of sp³-hybridized carbons (Fsp3) is 0.174. The summed E-state index contributed by atoms with van der Waals surface area (Å²) >= 11 is 0. The summed E-state index contributed by atoms with van der Waals surface area (Å²) in [6.07, 6.45) is 0. The minimum absolute atomic E-state index is 0.0414. The maximum absolute atomic E-state index is 12.8. The van der Waals surface area contributed by atoms with E-state index >= 15 is 0 Å². The first-order chi connectivity index (χ1) is 14.7. The summed E-state index contributed by atoms with van der Waals surface area (Å²) in [5.74, 6) is -0.134. The molecule has 0 saturated heterocycles. The van der Waals surface area contributed by atoms with Crippen LogP contribution in [0.5, 0.6) is 11.5 Å². The molecule has 0 aliphatic carbocycles. The summed E-state index contributed by atoms with van der Waals surface area (Å²) in [6, 6.07) is 16.4. The van der Waals surface area contributed by atoms with Gasteiger partial charge >= 0.3 is 0 Å². The van der Waals surface area contributed by atoms with Gasteiger partial charge in [-0.2, -0.15) is 0 Å². The predicted molar refractivity (Wildman–Crippen MR) is 119 cm³/mol. The van der Waals surface area contributed by atoms with Crippen molar-refractivity contribution in [2.75, 3.05) is 11.8 Å². The van der Waals surface area contributed by atoms with Gasteiger partial charge in [-0.05, 0) is 55.3 Å². The highest BCUT2D eigenvalue weighted by Gasteiger charge is 2.18. The maximum atomic E-state index is 12.8. The van der Waals surface area contributed by atoms with Crippen molar-refractivity contribution >= 4 is 21.6 Å². The highest BCUT2D eigenvalue weighted by molar-refractivity contribution is 7.92. The van der Waals surface area contributed by atoms with Gasteiger partial charge in [0.25, 0.3) is 15.9 Å². The van der Waals surface area contributed by atoms with Crippen molar-refractivity contribution in [1.29, 1.82) is 0 Å². The van der Waals surface area contributed by atoms with Crippen molar-refractivity contribution in [3.63, 3.8) is 0 Å². The van der Waals surface area contributed by atoms with Gasteiger partial charge in [0, 0.05) is 23.4 Å². The Balaban J connectivity index is 1.75. The molecular formula is C23H24N2O5S. The quantitative estimate of drug-likeness (QED) is 0.519. The van der Waals surface area contributed by atoms with Gasteiger partial charge in [-0.1, -0.05) is 30.3 Å². The van der Waals surface area contributed by atoms with Crippen LogP contribution in [0.1, 0.15) is 27.0 Å². The number of aryl methyl sites for hydroxylation is 2. The fourth-order valence-corrected chi connectivity index (χ4v) is 4.46. The lowest BCUT2D eigenvalue weighted by molar-refractivity contribution is 0.0950. The molecule has 1 amide bonds. The molecule has 0 aliphatic heterocycles. The van der Waals surface area contributed by atoms with Gasteiger partial charge in [0.1, 0.15) is 0 Å². The molecule has 3 aromatic carbocycles. The Morgan fingerprint density at radius 1 is 1.03 bits per heavy atom. The van der Waals surface area contributed by atoms with E-state index in [4.69, 9.17) is 4.74 Å². The second-order valence-corrected chi connectivity index (χ2v) is 8.76. The highest BCUT2D eigenvalue weighted by Crippen LogP contribution is 2.29. The van der Waals surface area contributed by atoms with E-state index in [1.807, 2.05) is 13.0 Å². The Bertz CT molecular complexity index is 1220. The minimum Gasteiger partial charge on any atom is -0.504 e. The number of ether oxygens (including phenoxy) is 1. The lowest BCUT2D eigenvalue weighted by atomic mass is 10.1. The topological polar surface area (TPSA) is 105 Å². The number of amides is 1. The Hall–Kier alpha value is -3.52. The highest BCUT2D eigenvalue weighted by atomic mass is 32.2. The van der Waals surface area contributed by atoms with Crippen LogP contribution in [0.2, 0.25) is 0 Å². The van der Waals surface area contributed by atoms with Gasteiger partial charge < -0.3 is 15.2 Å². The van der Waals surface area contributed by atoms with Crippen LogP contribution in [0.3, 0.4) is 0 Å². The number of hydrogen-bond acceptors (Lipinski definition) is 5. The largest absolute Gasteiger partial charge is 0.504 e. The molecule has 3 rings (SSSR count). The number of anilines is 1. The molecule has 0 fully saturated rings. The van der Waals surface area contributed by atoms with Crippen LogP contribution in [0, 0.1) is 13.8 Å². The number of hydrogen-bond donors (Lipinski definition) is 3. The number of nitrogens with one attached hydrogen (secondary N) is 2. The number of sulfonamides is 1. The van der Waals surface area contributed by atoms with E-state index in [9.17, 15) is 18.3 Å². The lowest BCUT2D eigenvalue weighted by Gasteiger charge is -2.13. The number of methoxy groups -OCH3 is 1. The monoisotopic (exact) mass is 440 g/mol. The summed E-state index contributed by atoms with van der Waals surface area (Å²) < 4.78 is 33.2. The van der Waals surface area contributed by atoms with Crippen LogP contribution in [0.4, 0.5) is 5.69 Å². The molecule has 0 saturated carbocycles. The van der Waals surface area contributed by atoms with Gasteiger partial charge in [-0.25, -0.2) is 8.42 Å². The molecular weight excluding hydrogens is 416 g/mol. The first-order valence-corrected chi connectivity index (χ1v) is 11.0. The van der Waals surface area contributed by atoms with Gasteiger partial charge in [-0.15, -0.1) is 0 Å². The number of aromatic hydroxyl groups is 1. The first-order valence-electron chi connectivity index (χ1n) is 9.54. The normalized spacial score (nSPS) is 11.1. The molecule has 3 N–H and O–H groups in total. The SMILES string of the molecule is COc1cccc(CNC(=O)c2cccc(NS(=O)(=O)c3cc(C)ccc3C)c2)c1O. The standard InChI is InChI=1S/C23H24N2O5S/c1-15-10-11-16(2)21(12-15)31(28,29)25-19-8-4-6-17(13-19)23(27)24-14-18-7-5-9-20(30-3)22(18)26/h4-13,25-26H,14H2,1-3H3,(H,24,27). The number of carbonyl (C=O) groups is 1.